The first-order valence-corrected chi connectivity index (χ1v) is 7.66. The molecule has 0 saturated heterocycles. The van der Waals surface area contributed by atoms with E-state index in [1.54, 1.807) is 35.5 Å². The maximum atomic E-state index is 12.5. The molecule has 2 aromatic rings. The van der Waals surface area contributed by atoms with Crippen LogP contribution in [0.1, 0.15) is 17.5 Å². The average molecular weight is 345 g/mol. The van der Waals surface area contributed by atoms with Crippen LogP contribution in [0.5, 0.6) is 5.75 Å². The van der Waals surface area contributed by atoms with E-state index in [4.69, 9.17) is 5.26 Å². The van der Waals surface area contributed by atoms with Gasteiger partial charge in [0.25, 0.3) is 0 Å². The van der Waals surface area contributed by atoms with Crippen molar-refractivity contribution in [3.63, 3.8) is 0 Å². The van der Waals surface area contributed by atoms with Crippen molar-refractivity contribution in [2.45, 2.75) is 26.0 Å². The highest BCUT2D eigenvalue weighted by molar-refractivity contribution is 5.78. The molecule has 1 aromatic heterocycles. The van der Waals surface area contributed by atoms with Crippen molar-refractivity contribution in [2.24, 2.45) is 0 Å². The SMILES string of the molecule is N#CCCN(Cc1cccnc1)C(=O)Cc1ccc(OC(F)F)cc1. The van der Waals surface area contributed by atoms with Crippen molar-refractivity contribution in [1.29, 1.82) is 5.26 Å². The summed E-state index contributed by atoms with van der Waals surface area (Å²) in [5.74, 6) is -0.107. The fourth-order valence-corrected chi connectivity index (χ4v) is 2.26. The van der Waals surface area contributed by atoms with E-state index in [-0.39, 0.29) is 24.5 Å². The molecule has 0 fully saturated rings. The normalized spacial score (nSPS) is 10.3. The van der Waals surface area contributed by atoms with Gasteiger partial charge >= 0.3 is 6.61 Å². The topological polar surface area (TPSA) is 66.2 Å². The predicted molar refractivity (Wildman–Crippen MR) is 86.7 cm³/mol. The Bertz CT molecular complexity index is 715. The summed E-state index contributed by atoms with van der Waals surface area (Å²) in [6, 6.07) is 11.6. The number of nitriles is 1. The van der Waals surface area contributed by atoms with Crippen molar-refractivity contribution in [3.05, 3.63) is 59.9 Å². The molecule has 25 heavy (non-hydrogen) atoms. The van der Waals surface area contributed by atoms with Gasteiger partial charge in [-0.3, -0.25) is 9.78 Å². The maximum Gasteiger partial charge on any atom is 0.387 e. The van der Waals surface area contributed by atoms with Gasteiger partial charge in [0.2, 0.25) is 5.91 Å². The number of hydrogen-bond donors (Lipinski definition) is 0. The Morgan fingerprint density at radius 2 is 2.00 bits per heavy atom. The van der Waals surface area contributed by atoms with Crippen LogP contribution in [0.25, 0.3) is 0 Å². The highest BCUT2D eigenvalue weighted by Gasteiger charge is 2.15. The van der Waals surface area contributed by atoms with Gasteiger partial charge in [-0.05, 0) is 29.3 Å². The van der Waals surface area contributed by atoms with E-state index in [0.717, 1.165) is 5.56 Å². The number of aromatic nitrogens is 1. The molecule has 1 amide bonds. The average Bonchev–Trinajstić information content (AvgIpc) is 2.60. The molecule has 0 N–H and O–H groups in total. The highest BCUT2D eigenvalue weighted by Crippen LogP contribution is 2.16. The third kappa shape index (κ3) is 6.18. The smallest absolute Gasteiger partial charge is 0.387 e. The molecule has 0 spiro atoms. The quantitative estimate of drug-likeness (QED) is 0.737. The summed E-state index contributed by atoms with van der Waals surface area (Å²) < 4.78 is 28.6. The standard InChI is InChI=1S/C18H17F2N3O2/c19-18(20)25-16-6-4-14(5-7-16)11-17(24)23(10-2-8-21)13-15-3-1-9-22-12-15/h1,3-7,9,12,18H,2,10-11,13H2. The number of pyridine rings is 1. The molecule has 0 bridgehead atoms. The lowest BCUT2D eigenvalue weighted by Crippen LogP contribution is -2.32. The molecule has 0 unspecified atom stereocenters. The molecule has 0 aliphatic carbocycles. The molecular formula is C18H17F2N3O2. The fourth-order valence-electron chi connectivity index (χ4n) is 2.26. The Kier molecular flexibility index (Phi) is 6.84. The summed E-state index contributed by atoms with van der Waals surface area (Å²) >= 11 is 0. The molecule has 0 aliphatic heterocycles. The largest absolute Gasteiger partial charge is 0.435 e. The van der Waals surface area contributed by atoms with Crippen LogP contribution in [-0.4, -0.2) is 28.9 Å². The van der Waals surface area contributed by atoms with Crippen LogP contribution in [-0.2, 0) is 17.8 Å². The number of nitrogens with zero attached hydrogens (tertiary/aromatic N) is 3. The Morgan fingerprint density at radius 1 is 1.24 bits per heavy atom. The lowest BCUT2D eigenvalue weighted by Gasteiger charge is -2.21. The minimum absolute atomic E-state index is 0.0443. The van der Waals surface area contributed by atoms with Gasteiger partial charge in [-0.25, -0.2) is 0 Å². The number of ether oxygens (including phenoxy) is 1. The Balaban J connectivity index is 2.02. The molecule has 0 aliphatic rings. The van der Waals surface area contributed by atoms with Gasteiger partial charge in [0.05, 0.1) is 18.9 Å². The number of halogens is 2. The number of alkyl halides is 2. The van der Waals surface area contributed by atoms with Gasteiger partial charge in [0, 0.05) is 25.5 Å². The Morgan fingerprint density at radius 3 is 2.60 bits per heavy atom. The van der Waals surface area contributed by atoms with Crippen LogP contribution < -0.4 is 4.74 Å². The lowest BCUT2D eigenvalue weighted by atomic mass is 10.1. The van der Waals surface area contributed by atoms with Crippen molar-refractivity contribution in [2.75, 3.05) is 6.54 Å². The molecule has 5 nitrogen and oxygen atoms in total. The van der Waals surface area contributed by atoms with Crippen LogP contribution in [0.4, 0.5) is 8.78 Å². The van der Waals surface area contributed by atoms with E-state index >= 15 is 0 Å². The third-order valence-electron chi connectivity index (χ3n) is 3.45. The second kappa shape index (κ2) is 9.33. The monoisotopic (exact) mass is 345 g/mol. The number of carbonyl (C=O) groups excluding carboxylic acids is 1. The first-order valence-electron chi connectivity index (χ1n) is 7.66. The zero-order chi connectivity index (χ0) is 18.1. The van der Waals surface area contributed by atoms with Crippen LogP contribution in [0, 0.1) is 11.3 Å². The molecule has 0 saturated carbocycles. The van der Waals surface area contributed by atoms with E-state index in [9.17, 15) is 13.6 Å². The van der Waals surface area contributed by atoms with Gasteiger partial charge in [0.15, 0.2) is 0 Å². The maximum absolute atomic E-state index is 12.5. The molecule has 2 rings (SSSR count). The first kappa shape index (κ1) is 18.3. The van der Waals surface area contributed by atoms with Crippen molar-refractivity contribution >= 4 is 5.91 Å². The van der Waals surface area contributed by atoms with Crippen molar-refractivity contribution < 1.29 is 18.3 Å². The molecule has 1 aromatic carbocycles. The van der Waals surface area contributed by atoms with E-state index < -0.39 is 6.61 Å². The van der Waals surface area contributed by atoms with Crippen LogP contribution in [0.15, 0.2) is 48.8 Å². The zero-order valence-corrected chi connectivity index (χ0v) is 13.4. The third-order valence-corrected chi connectivity index (χ3v) is 3.45. The van der Waals surface area contributed by atoms with Crippen LogP contribution in [0.2, 0.25) is 0 Å². The minimum Gasteiger partial charge on any atom is -0.435 e. The van der Waals surface area contributed by atoms with Gasteiger partial charge in [-0.15, -0.1) is 0 Å². The van der Waals surface area contributed by atoms with E-state index in [2.05, 4.69) is 9.72 Å². The summed E-state index contributed by atoms with van der Waals surface area (Å²) in [5.41, 5.74) is 1.55. The molecular weight excluding hydrogens is 328 g/mol. The molecule has 1 heterocycles. The van der Waals surface area contributed by atoms with E-state index in [1.165, 1.54) is 12.1 Å². The number of amides is 1. The Labute approximate surface area is 144 Å². The van der Waals surface area contributed by atoms with Crippen molar-refractivity contribution in [3.8, 4) is 11.8 Å². The summed E-state index contributed by atoms with van der Waals surface area (Å²) in [7, 11) is 0. The first-order chi connectivity index (χ1) is 12.1. The summed E-state index contributed by atoms with van der Waals surface area (Å²) in [4.78, 5) is 18.1. The van der Waals surface area contributed by atoms with Crippen molar-refractivity contribution in [1.82, 2.24) is 9.88 Å². The van der Waals surface area contributed by atoms with Gasteiger partial charge in [0.1, 0.15) is 5.75 Å². The number of benzene rings is 1. The zero-order valence-electron chi connectivity index (χ0n) is 13.4. The molecule has 130 valence electrons. The van der Waals surface area contributed by atoms with Crippen LogP contribution in [0.3, 0.4) is 0 Å². The second-order valence-corrected chi connectivity index (χ2v) is 5.28. The summed E-state index contributed by atoms with van der Waals surface area (Å²) in [6.07, 6.45) is 3.66. The predicted octanol–water partition coefficient (Wildman–Crippen LogP) is 3.17. The second-order valence-electron chi connectivity index (χ2n) is 5.28. The lowest BCUT2D eigenvalue weighted by molar-refractivity contribution is -0.131. The van der Waals surface area contributed by atoms with Crippen LogP contribution >= 0.6 is 0 Å². The Hall–Kier alpha value is -3.01. The van der Waals surface area contributed by atoms with Gasteiger partial charge < -0.3 is 9.64 Å². The van der Waals surface area contributed by atoms with Gasteiger partial charge in [-0.1, -0.05) is 18.2 Å². The summed E-state index contributed by atoms with van der Waals surface area (Å²) in [6.45, 7) is -2.20. The van der Waals surface area contributed by atoms with Gasteiger partial charge in [-0.2, -0.15) is 14.0 Å². The van der Waals surface area contributed by atoms with E-state index in [1.807, 2.05) is 12.1 Å². The minimum atomic E-state index is -2.88. The number of carbonyl (C=O) groups is 1. The molecule has 0 atom stereocenters. The molecule has 7 heteroatoms. The fraction of sp³-hybridized carbons (Fsp3) is 0.278. The van der Waals surface area contributed by atoms with E-state index in [0.29, 0.717) is 18.7 Å². The summed E-state index contributed by atoms with van der Waals surface area (Å²) in [5, 5.41) is 8.78. The number of rotatable bonds is 8. The number of hydrogen-bond acceptors (Lipinski definition) is 4. The highest BCUT2D eigenvalue weighted by atomic mass is 19.3. The molecule has 0 radical (unpaired) electrons.